The van der Waals surface area contributed by atoms with Crippen LogP contribution in [0, 0.1) is 13.8 Å². The molecule has 0 bridgehead atoms. The number of aromatic nitrogens is 3. The van der Waals surface area contributed by atoms with E-state index in [9.17, 15) is 4.79 Å². The van der Waals surface area contributed by atoms with Gasteiger partial charge in [0.25, 0.3) is 5.91 Å². The highest BCUT2D eigenvalue weighted by Gasteiger charge is 2.16. The lowest BCUT2D eigenvalue weighted by atomic mass is 9.87. The average Bonchev–Trinajstić information content (AvgIpc) is 2.90. The highest BCUT2D eigenvalue weighted by molar-refractivity contribution is 6.08. The normalized spacial score (nSPS) is 11.7. The molecule has 124 valence electrons. The summed E-state index contributed by atoms with van der Waals surface area (Å²) < 4.78 is 1.64. The highest BCUT2D eigenvalue weighted by Crippen LogP contribution is 2.24. The van der Waals surface area contributed by atoms with E-state index in [2.05, 4.69) is 36.2 Å². The van der Waals surface area contributed by atoms with Crippen LogP contribution in [0.15, 0.2) is 36.7 Å². The second-order valence-electron chi connectivity index (χ2n) is 7.12. The van der Waals surface area contributed by atoms with E-state index in [1.165, 1.54) is 5.56 Å². The monoisotopic (exact) mass is 322 g/mol. The van der Waals surface area contributed by atoms with Gasteiger partial charge >= 0.3 is 0 Å². The Morgan fingerprint density at radius 2 is 1.79 bits per heavy atom. The van der Waals surface area contributed by atoms with E-state index in [1.807, 2.05) is 44.3 Å². The van der Waals surface area contributed by atoms with Gasteiger partial charge in [-0.1, -0.05) is 32.9 Å². The van der Waals surface area contributed by atoms with Crippen LogP contribution in [0.2, 0.25) is 0 Å². The summed E-state index contributed by atoms with van der Waals surface area (Å²) in [5.74, 6) is -0.204. The molecule has 0 atom stereocenters. The number of aryl methyl sites for hydroxylation is 2. The topological polar surface area (TPSA) is 59.3 Å². The molecule has 0 unspecified atom stereocenters. The Morgan fingerprint density at radius 1 is 1.12 bits per heavy atom. The average molecular weight is 322 g/mol. The smallest absolute Gasteiger partial charge is 0.261 e. The van der Waals surface area contributed by atoms with Gasteiger partial charge in [0.2, 0.25) is 0 Å². The molecule has 0 radical (unpaired) electrons. The number of nitrogens with zero attached hydrogens (tertiary/aromatic N) is 3. The predicted octanol–water partition coefficient (Wildman–Crippen LogP) is 3.90. The SMILES string of the molecule is Cc1cn2ncc(C(=O)Nc3ccc(C(C)(C)C)cc3)c2nc1C. The summed E-state index contributed by atoms with van der Waals surface area (Å²) in [6, 6.07) is 7.93. The molecule has 0 aliphatic heterocycles. The zero-order chi connectivity index (χ0) is 17.5. The van der Waals surface area contributed by atoms with Gasteiger partial charge in [-0.15, -0.1) is 0 Å². The number of benzene rings is 1. The molecule has 0 fully saturated rings. The highest BCUT2D eigenvalue weighted by atomic mass is 16.1. The Kier molecular flexibility index (Phi) is 3.87. The molecule has 0 aliphatic carbocycles. The number of carbonyl (C=O) groups excluding carboxylic acids is 1. The molecule has 3 aromatic rings. The minimum absolute atomic E-state index is 0.0876. The third-order valence-corrected chi connectivity index (χ3v) is 4.18. The van der Waals surface area contributed by atoms with Crippen LogP contribution in [-0.2, 0) is 5.41 Å². The Labute approximate surface area is 141 Å². The maximum Gasteiger partial charge on any atom is 0.261 e. The summed E-state index contributed by atoms with van der Waals surface area (Å²) >= 11 is 0. The summed E-state index contributed by atoms with van der Waals surface area (Å²) in [6.45, 7) is 10.4. The summed E-state index contributed by atoms with van der Waals surface area (Å²) in [7, 11) is 0. The van der Waals surface area contributed by atoms with Gasteiger partial charge in [-0.25, -0.2) is 9.50 Å². The van der Waals surface area contributed by atoms with Crippen molar-refractivity contribution in [1.29, 1.82) is 0 Å². The minimum atomic E-state index is -0.204. The first-order valence-electron chi connectivity index (χ1n) is 7.99. The van der Waals surface area contributed by atoms with Crippen LogP contribution >= 0.6 is 0 Å². The number of hydrogen-bond acceptors (Lipinski definition) is 3. The van der Waals surface area contributed by atoms with Crippen molar-refractivity contribution in [3.05, 3.63) is 59.0 Å². The van der Waals surface area contributed by atoms with Crippen LogP contribution in [0.1, 0.15) is 48.0 Å². The van der Waals surface area contributed by atoms with Gasteiger partial charge < -0.3 is 5.32 Å². The Balaban J connectivity index is 1.86. The molecule has 2 aromatic heterocycles. The standard InChI is InChI=1S/C19H22N4O/c1-12-11-23-17(21-13(12)2)16(10-20-23)18(24)22-15-8-6-14(7-9-15)19(3,4)5/h6-11H,1-5H3,(H,22,24). The number of anilines is 1. The molecular formula is C19H22N4O. The van der Waals surface area contributed by atoms with Crippen molar-refractivity contribution in [2.24, 2.45) is 0 Å². The zero-order valence-electron chi connectivity index (χ0n) is 14.7. The number of rotatable bonds is 2. The quantitative estimate of drug-likeness (QED) is 0.778. The lowest BCUT2D eigenvalue weighted by molar-refractivity contribution is 0.102. The van der Waals surface area contributed by atoms with Gasteiger partial charge in [-0.05, 0) is 42.5 Å². The van der Waals surface area contributed by atoms with E-state index in [0.717, 1.165) is 16.9 Å². The number of hydrogen-bond donors (Lipinski definition) is 1. The first-order valence-corrected chi connectivity index (χ1v) is 7.99. The molecule has 1 N–H and O–H groups in total. The van der Waals surface area contributed by atoms with E-state index >= 15 is 0 Å². The van der Waals surface area contributed by atoms with Crippen LogP contribution in [0.5, 0.6) is 0 Å². The van der Waals surface area contributed by atoms with Gasteiger partial charge in [-0.2, -0.15) is 5.10 Å². The second-order valence-corrected chi connectivity index (χ2v) is 7.12. The molecule has 0 saturated carbocycles. The summed E-state index contributed by atoms with van der Waals surface area (Å²) in [5, 5.41) is 7.14. The van der Waals surface area contributed by atoms with Crippen molar-refractivity contribution < 1.29 is 4.79 Å². The van der Waals surface area contributed by atoms with E-state index in [1.54, 1.807) is 10.7 Å². The van der Waals surface area contributed by atoms with Gasteiger partial charge in [0.05, 0.1) is 6.20 Å². The lowest BCUT2D eigenvalue weighted by Gasteiger charge is -2.19. The fraction of sp³-hybridized carbons (Fsp3) is 0.316. The van der Waals surface area contributed by atoms with Crippen molar-refractivity contribution in [3.63, 3.8) is 0 Å². The number of fused-ring (bicyclic) bond motifs is 1. The van der Waals surface area contributed by atoms with E-state index in [4.69, 9.17) is 0 Å². The lowest BCUT2D eigenvalue weighted by Crippen LogP contribution is -2.14. The maximum atomic E-state index is 12.6. The van der Waals surface area contributed by atoms with Crippen molar-refractivity contribution >= 4 is 17.2 Å². The largest absolute Gasteiger partial charge is 0.322 e. The second kappa shape index (κ2) is 5.74. The summed E-state index contributed by atoms with van der Waals surface area (Å²) in [5.41, 5.74) is 5.05. The molecule has 5 nitrogen and oxygen atoms in total. The molecule has 2 heterocycles. The molecule has 1 amide bonds. The molecular weight excluding hydrogens is 300 g/mol. The number of nitrogens with one attached hydrogen (secondary N) is 1. The maximum absolute atomic E-state index is 12.6. The third-order valence-electron chi connectivity index (χ3n) is 4.18. The van der Waals surface area contributed by atoms with Crippen LogP contribution in [0.3, 0.4) is 0 Å². The first-order chi connectivity index (χ1) is 11.3. The fourth-order valence-corrected chi connectivity index (χ4v) is 2.50. The van der Waals surface area contributed by atoms with E-state index < -0.39 is 0 Å². The summed E-state index contributed by atoms with van der Waals surface area (Å²) in [6.07, 6.45) is 3.44. The zero-order valence-corrected chi connectivity index (χ0v) is 14.7. The van der Waals surface area contributed by atoms with Crippen LogP contribution < -0.4 is 5.32 Å². The number of carbonyl (C=O) groups is 1. The van der Waals surface area contributed by atoms with Crippen molar-refractivity contribution in [3.8, 4) is 0 Å². The molecule has 0 saturated heterocycles. The van der Waals surface area contributed by atoms with Crippen molar-refractivity contribution in [2.75, 3.05) is 5.32 Å². The summed E-state index contributed by atoms with van der Waals surface area (Å²) in [4.78, 5) is 17.0. The van der Waals surface area contributed by atoms with Crippen molar-refractivity contribution in [1.82, 2.24) is 14.6 Å². The van der Waals surface area contributed by atoms with Gasteiger partial charge in [0, 0.05) is 17.6 Å². The molecule has 5 heteroatoms. The van der Waals surface area contributed by atoms with E-state index in [0.29, 0.717) is 11.2 Å². The predicted molar refractivity (Wildman–Crippen MR) is 95.6 cm³/mol. The third kappa shape index (κ3) is 3.02. The Morgan fingerprint density at radius 3 is 2.42 bits per heavy atom. The molecule has 0 aliphatic rings. The van der Waals surface area contributed by atoms with Gasteiger partial charge in [-0.3, -0.25) is 4.79 Å². The number of amides is 1. The van der Waals surface area contributed by atoms with Gasteiger partial charge in [0.15, 0.2) is 5.65 Å². The Bertz CT molecular complexity index is 902. The Hall–Kier alpha value is -2.69. The van der Waals surface area contributed by atoms with Gasteiger partial charge in [0.1, 0.15) is 5.56 Å². The van der Waals surface area contributed by atoms with Crippen molar-refractivity contribution in [2.45, 2.75) is 40.0 Å². The van der Waals surface area contributed by atoms with Crippen LogP contribution in [0.4, 0.5) is 5.69 Å². The molecule has 3 rings (SSSR count). The fourth-order valence-electron chi connectivity index (χ4n) is 2.50. The van der Waals surface area contributed by atoms with Crippen LogP contribution in [0.25, 0.3) is 5.65 Å². The molecule has 0 spiro atoms. The molecule has 1 aromatic carbocycles. The molecule has 24 heavy (non-hydrogen) atoms. The first kappa shape index (κ1) is 16.2. The van der Waals surface area contributed by atoms with Crippen LogP contribution in [-0.4, -0.2) is 20.5 Å². The minimum Gasteiger partial charge on any atom is -0.322 e. The van der Waals surface area contributed by atoms with E-state index in [-0.39, 0.29) is 11.3 Å².